The fourth-order valence-corrected chi connectivity index (χ4v) is 2.76. The van der Waals surface area contributed by atoms with Crippen molar-refractivity contribution < 1.29 is 14.3 Å². The third kappa shape index (κ3) is 5.36. The van der Waals surface area contributed by atoms with Gasteiger partial charge in [-0.05, 0) is 68.6 Å². The minimum absolute atomic E-state index is 0.135. The number of esters is 1. The summed E-state index contributed by atoms with van der Waals surface area (Å²) in [5, 5.41) is 0. The molecule has 0 spiro atoms. The average Bonchev–Trinajstić information content (AvgIpc) is 3.20. The van der Waals surface area contributed by atoms with Crippen molar-refractivity contribution in [2.45, 2.75) is 52.9 Å². The first-order chi connectivity index (χ1) is 10.6. The maximum Gasteiger partial charge on any atom is 0.306 e. The molecule has 0 saturated heterocycles. The number of aryl methyl sites for hydroxylation is 2. The SMILES string of the molecule is CCOC(=O)CCc1ccc(C)c(OCCC[C@@H]2CC2C)c1. The predicted octanol–water partition coefficient (Wildman–Crippen LogP) is 4.31. The Hall–Kier alpha value is -1.51. The van der Waals surface area contributed by atoms with E-state index in [1.165, 1.54) is 12.8 Å². The monoisotopic (exact) mass is 304 g/mol. The van der Waals surface area contributed by atoms with E-state index < -0.39 is 0 Å². The van der Waals surface area contributed by atoms with Crippen LogP contribution in [0.1, 0.15) is 50.7 Å². The van der Waals surface area contributed by atoms with E-state index in [1.807, 2.05) is 6.92 Å². The molecule has 1 aliphatic rings. The molecule has 0 amide bonds. The van der Waals surface area contributed by atoms with Crippen LogP contribution in [0, 0.1) is 18.8 Å². The van der Waals surface area contributed by atoms with Crippen molar-refractivity contribution in [1.82, 2.24) is 0 Å². The van der Waals surface area contributed by atoms with Crippen LogP contribution < -0.4 is 4.74 Å². The summed E-state index contributed by atoms with van der Waals surface area (Å²) in [5.41, 5.74) is 2.28. The Kier molecular flexibility index (Phi) is 6.29. The molecule has 0 heterocycles. The quantitative estimate of drug-likeness (QED) is 0.504. The molecule has 1 aromatic carbocycles. The number of carbonyl (C=O) groups is 1. The van der Waals surface area contributed by atoms with Crippen molar-refractivity contribution >= 4 is 5.97 Å². The molecular weight excluding hydrogens is 276 g/mol. The summed E-state index contributed by atoms with van der Waals surface area (Å²) in [6.07, 6.45) is 4.93. The van der Waals surface area contributed by atoms with Crippen molar-refractivity contribution in [2.75, 3.05) is 13.2 Å². The molecule has 3 heteroatoms. The summed E-state index contributed by atoms with van der Waals surface area (Å²) in [6.45, 7) is 7.44. The van der Waals surface area contributed by atoms with Gasteiger partial charge in [0.2, 0.25) is 0 Å². The van der Waals surface area contributed by atoms with Gasteiger partial charge >= 0.3 is 5.97 Å². The Morgan fingerprint density at radius 1 is 1.36 bits per heavy atom. The molecule has 0 radical (unpaired) electrons. The molecule has 1 aliphatic carbocycles. The highest BCUT2D eigenvalue weighted by molar-refractivity contribution is 5.69. The van der Waals surface area contributed by atoms with Crippen LogP contribution in [-0.2, 0) is 16.0 Å². The van der Waals surface area contributed by atoms with Gasteiger partial charge in [0.05, 0.1) is 13.2 Å². The molecule has 1 unspecified atom stereocenters. The minimum atomic E-state index is -0.135. The second-order valence-electron chi connectivity index (χ2n) is 6.37. The number of ether oxygens (including phenoxy) is 2. The van der Waals surface area contributed by atoms with Crippen molar-refractivity contribution in [3.63, 3.8) is 0 Å². The average molecular weight is 304 g/mol. The van der Waals surface area contributed by atoms with E-state index in [-0.39, 0.29) is 5.97 Å². The van der Waals surface area contributed by atoms with Crippen molar-refractivity contribution in [1.29, 1.82) is 0 Å². The standard InChI is InChI=1S/C19H28O3/c1-4-21-19(20)10-9-16-8-7-14(2)18(13-16)22-11-5-6-17-12-15(17)3/h7-8,13,15,17H,4-6,9-12H2,1-3H3/t15?,17-/m1/s1. The molecule has 2 atom stereocenters. The third-order valence-corrected chi connectivity index (χ3v) is 4.43. The van der Waals surface area contributed by atoms with Gasteiger partial charge in [-0.3, -0.25) is 4.79 Å². The maximum atomic E-state index is 11.4. The highest BCUT2D eigenvalue weighted by atomic mass is 16.5. The first-order valence-corrected chi connectivity index (χ1v) is 8.48. The van der Waals surface area contributed by atoms with Crippen LogP contribution in [0.3, 0.4) is 0 Å². The van der Waals surface area contributed by atoms with E-state index in [0.717, 1.165) is 41.7 Å². The van der Waals surface area contributed by atoms with E-state index in [1.54, 1.807) is 0 Å². The molecule has 0 aromatic heterocycles. The molecule has 1 aromatic rings. The van der Waals surface area contributed by atoms with Gasteiger partial charge in [0.25, 0.3) is 0 Å². The zero-order chi connectivity index (χ0) is 15.9. The largest absolute Gasteiger partial charge is 0.493 e. The lowest BCUT2D eigenvalue weighted by atomic mass is 10.1. The van der Waals surface area contributed by atoms with E-state index in [4.69, 9.17) is 9.47 Å². The number of hydrogen-bond acceptors (Lipinski definition) is 3. The Morgan fingerprint density at radius 3 is 2.82 bits per heavy atom. The number of hydrogen-bond donors (Lipinski definition) is 0. The lowest BCUT2D eigenvalue weighted by Crippen LogP contribution is -2.05. The maximum absolute atomic E-state index is 11.4. The van der Waals surface area contributed by atoms with Crippen molar-refractivity contribution in [3.05, 3.63) is 29.3 Å². The number of carbonyl (C=O) groups excluding carboxylic acids is 1. The van der Waals surface area contributed by atoms with Gasteiger partial charge in [-0.2, -0.15) is 0 Å². The second kappa shape index (κ2) is 8.21. The number of rotatable bonds is 9. The first kappa shape index (κ1) is 16.9. The van der Waals surface area contributed by atoms with Gasteiger partial charge in [-0.15, -0.1) is 0 Å². The van der Waals surface area contributed by atoms with Crippen LogP contribution in [-0.4, -0.2) is 19.2 Å². The molecule has 1 saturated carbocycles. The van der Waals surface area contributed by atoms with Crippen LogP contribution in [0.25, 0.3) is 0 Å². The summed E-state index contributed by atoms with van der Waals surface area (Å²) < 4.78 is 10.9. The molecule has 0 aliphatic heterocycles. The Bertz CT molecular complexity index is 495. The molecule has 3 nitrogen and oxygen atoms in total. The summed E-state index contributed by atoms with van der Waals surface area (Å²) in [6, 6.07) is 6.19. The van der Waals surface area contributed by atoms with Gasteiger partial charge < -0.3 is 9.47 Å². The molecule has 0 N–H and O–H groups in total. The van der Waals surface area contributed by atoms with Crippen LogP contribution >= 0.6 is 0 Å². The second-order valence-corrected chi connectivity index (χ2v) is 6.37. The third-order valence-electron chi connectivity index (χ3n) is 4.43. The Labute approximate surface area is 134 Å². The Morgan fingerprint density at radius 2 is 2.14 bits per heavy atom. The van der Waals surface area contributed by atoms with E-state index in [0.29, 0.717) is 19.4 Å². The zero-order valence-corrected chi connectivity index (χ0v) is 14.1. The highest BCUT2D eigenvalue weighted by Crippen LogP contribution is 2.41. The number of benzene rings is 1. The molecule has 122 valence electrons. The lowest BCUT2D eigenvalue weighted by molar-refractivity contribution is -0.143. The molecule has 1 fully saturated rings. The first-order valence-electron chi connectivity index (χ1n) is 8.48. The lowest BCUT2D eigenvalue weighted by Gasteiger charge is -2.11. The Balaban J connectivity index is 1.77. The van der Waals surface area contributed by atoms with Crippen LogP contribution in [0.2, 0.25) is 0 Å². The minimum Gasteiger partial charge on any atom is -0.493 e. The van der Waals surface area contributed by atoms with E-state index in [9.17, 15) is 4.79 Å². The zero-order valence-electron chi connectivity index (χ0n) is 14.1. The van der Waals surface area contributed by atoms with Crippen molar-refractivity contribution in [3.8, 4) is 5.75 Å². The summed E-state index contributed by atoms with van der Waals surface area (Å²) in [7, 11) is 0. The molecule has 22 heavy (non-hydrogen) atoms. The summed E-state index contributed by atoms with van der Waals surface area (Å²) in [5.74, 6) is 2.67. The van der Waals surface area contributed by atoms with Crippen molar-refractivity contribution in [2.24, 2.45) is 11.8 Å². The van der Waals surface area contributed by atoms with Gasteiger partial charge in [0.15, 0.2) is 0 Å². The van der Waals surface area contributed by atoms with Gasteiger partial charge in [0, 0.05) is 6.42 Å². The predicted molar refractivity (Wildman–Crippen MR) is 88.1 cm³/mol. The van der Waals surface area contributed by atoms with Gasteiger partial charge in [0.1, 0.15) is 5.75 Å². The van der Waals surface area contributed by atoms with Gasteiger partial charge in [-0.1, -0.05) is 19.1 Å². The van der Waals surface area contributed by atoms with E-state index in [2.05, 4.69) is 32.0 Å². The molecular formula is C19H28O3. The highest BCUT2D eigenvalue weighted by Gasteiger charge is 2.31. The van der Waals surface area contributed by atoms with Crippen LogP contribution in [0.4, 0.5) is 0 Å². The molecule has 2 rings (SSSR count). The fourth-order valence-electron chi connectivity index (χ4n) is 2.76. The van der Waals surface area contributed by atoms with Crippen LogP contribution in [0.15, 0.2) is 18.2 Å². The normalized spacial score (nSPS) is 19.8. The fraction of sp³-hybridized carbons (Fsp3) is 0.632. The smallest absolute Gasteiger partial charge is 0.306 e. The van der Waals surface area contributed by atoms with Gasteiger partial charge in [-0.25, -0.2) is 0 Å². The topological polar surface area (TPSA) is 35.5 Å². The van der Waals surface area contributed by atoms with E-state index >= 15 is 0 Å². The summed E-state index contributed by atoms with van der Waals surface area (Å²) in [4.78, 5) is 11.4. The summed E-state index contributed by atoms with van der Waals surface area (Å²) >= 11 is 0. The van der Waals surface area contributed by atoms with Crippen LogP contribution in [0.5, 0.6) is 5.75 Å². The molecule has 0 bridgehead atoms.